The zero-order chi connectivity index (χ0) is 21.0. The summed E-state index contributed by atoms with van der Waals surface area (Å²) in [5.41, 5.74) is 0.747. The molecule has 2 aliphatic carbocycles. The normalized spacial score (nSPS) is 27.8. The van der Waals surface area contributed by atoms with Crippen LogP contribution in [0.25, 0.3) is 0 Å². The van der Waals surface area contributed by atoms with Crippen molar-refractivity contribution in [3.63, 3.8) is 0 Å². The number of hydrogen-bond donors (Lipinski definition) is 2. The molecular weight excluding hydrogens is 410 g/mol. The first-order chi connectivity index (χ1) is 15.1. The molecule has 0 aromatic carbocycles. The number of carbonyl (C=O) groups is 1. The third-order valence-electron chi connectivity index (χ3n) is 7.51. The highest BCUT2D eigenvalue weighted by Gasteiger charge is 2.61. The largest absolute Gasteiger partial charge is 0.351 e. The molecule has 164 valence electrons. The van der Waals surface area contributed by atoms with Crippen LogP contribution in [-0.2, 0) is 10.2 Å². The lowest BCUT2D eigenvalue weighted by molar-refractivity contribution is -0.120. The van der Waals surface area contributed by atoms with Gasteiger partial charge in [-0.25, -0.2) is 14.3 Å². The molecule has 2 unspecified atom stereocenters. The number of nitrogens with one attached hydrogen (secondary N) is 2. The Morgan fingerprint density at radius 1 is 1.19 bits per heavy atom. The van der Waals surface area contributed by atoms with Gasteiger partial charge in [-0.1, -0.05) is 13.3 Å². The summed E-state index contributed by atoms with van der Waals surface area (Å²) in [7, 11) is 0. The second-order valence-electron chi connectivity index (χ2n) is 9.50. The number of aromatic amines is 1. The van der Waals surface area contributed by atoms with Crippen molar-refractivity contribution in [1.29, 1.82) is 0 Å². The summed E-state index contributed by atoms with van der Waals surface area (Å²) < 4.78 is 2.35. The topological polar surface area (TPSA) is 90.0 Å². The molecule has 0 radical (unpaired) electrons. The van der Waals surface area contributed by atoms with Gasteiger partial charge in [-0.2, -0.15) is 4.98 Å². The van der Waals surface area contributed by atoms with Gasteiger partial charge in [0.1, 0.15) is 5.82 Å². The van der Waals surface area contributed by atoms with Crippen LogP contribution < -0.4 is 10.2 Å². The summed E-state index contributed by atoms with van der Waals surface area (Å²) in [6, 6.07) is 0.633. The predicted octanol–water partition coefficient (Wildman–Crippen LogP) is 3.35. The fourth-order valence-corrected chi connectivity index (χ4v) is 6.39. The molecule has 8 nitrogen and oxygen atoms in total. The number of carbonyl (C=O) groups excluding carboxylic acids is 1. The molecule has 1 spiro atoms. The molecule has 2 atom stereocenters. The van der Waals surface area contributed by atoms with E-state index in [2.05, 4.69) is 36.4 Å². The zero-order valence-electron chi connectivity index (χ0n) is 17.9. The van der Waals surface area contributed by atoms with Gasteiger partial charge < -0.3 is 10.3 Å². The molecule has 4 aliphatic rings. The molecule has 2 aromatic rings. The number of nitrogens with zero attached hydrogens (tertiary/aromatic N) is 5. The number of amides is 1. The standard InChI is InChI=1S/C22H29N7OS/c1-14-3-2-4-17(14)29-18-16(22(7-8-22)19(29)30)13-25-20(27-18)26-15-5-11-28(12-6-15)31-21-23-9-10-24-21/h9-10,13-15,17H,2-8,11-12H2,1H3,(H,23,24)(H,25,26,27). The van der Waals surface area contributed by atoms with Crippen LogP contribution in [0.15, 0.2) is 23.7 Å². The van der Waals surface area contributed by atoms with Gasteiger partial charge in [-0.05, 0) is 56.4 Å². The Kier molecular flexibility index (Phi) is 4.72. The number of H-pyrrole nitrogens is 1. The smallest absolute Gasteiger partial charge is 0.239 e. The number of hydrogen-bond acceptors (Lipinski definition) is 7. The Bertz CT molecular complexity index is 968. The van der Waals surface area contributed by atoms with E-state index in [1.807, 2.05) is 12.4 Å². The van der Waals surface area contributed by atoms with Gasteiger partial charge in [-0.15, -0.1) is 0 Å². The summed E-state index contributed by atoms with van der Waals surface area (Å²) in [6.45, 7) is 4.25. The second-order valence-corrected chi connectivity index (χ2v) is 10.6. The molecule has 3 fully saturated rings. The first-order valence-electron chi connectivity index (χ1n) is 11.5. The maximum atomic E-state index is 13.4. The van der Waals surface area contributed by atoms with Crippen LogP contribution in [0.4, 0.5) is 11.8 Å². The van der Waals surface area contributed by atoms with Gasteiger partial charge in [0, 0.05) is 49.3 Å². The van der Waals surface area contributed by atoms with Crippen molar-refractivity contribution in [2.24, 2.45) is 5.92 Å². The molecule has 31 heavy (non-hydrogen) atoms. The minimum absolute atomic E-state index is 0.274. The van der Waals surface area contributed by atoms with Crippen LogP contribution in [0.2, 0.25) is 0 Å². The number of piperidine rings is 1. The summed E-state index contributed by atoms with van der Waals surface area (Å²) in [6.07, 6.45) is 13.0. The summed E-state index contributed by atoms with van der Waals surface area (Å²) >= 11 is 1.68. The molecule has 2 aliphatic heterocycles. The van der Waals surface area contributed by atoms with Crippen LogP contribution in [0.3, 0.4) is 0 Å². The Morgan fingerprint density at radius 3 is 2.71 bits per heavy atom. The van der Waals surface area contributed by atoms with E-state index in [9.17, 15) is 4.79 Å². The number of rotatable bonds is 5. The van der Waals surface area contributed by atoms with Crippen molar-refractivity contribution in [2.75, 3.05) is 23.3 Å². The minimum atomic E-state index is -0.315. The molecule has 9 heteroatoms. The zero-order valence-corrected chi connectivity index (χ0v) is 18.7. The van der Waals surface area contributed by atoms with E-state index >= 15 is 0 Å². The number of fused-ring (bicyclic) bond motifs is 2. The van der Waals surface area contributed by atoms with Gasteiger partial charge in [-0.3, -0.25) is 9.69 Å². The summed E-state index contributed by atoms with van der Waals surface area (Å²) in [4.78, 5) is 32.4. The van der Waals surface area contributed by atoms with Gasteiger partial charge in [0.2, 0.25) is 11.9 Å². The van der Waals surface area contributed by atoms with Crippen molar-refractivity contribution in [3.8, 4) is 0 Å². The average Bonchev–Trinajstić information content (AvgIpc) is 3.09. The molecule has 4 heterocycles. The van der Waals surface area contributed by atoms with Crippen LogP contribution in [0.5, 0.6) is 0 Å². The fourth-order valence-electron chi connectivity index (χ4n) is 5.53. The molecule has 0 bridgehead atoms. The van der Waals surface area contributed by atoms with Gasteiger partial charge in [0.05, 0.1) is 5.41 Å². The lowest BCUT2D eigenvalue weighted by atomic mass is 10.0. The highest BCUT2D eigenvalue weighted by atomic mass is 32.2. The van der Waals surface area contributed by atoms with E-state index in [-0.39, 0.29) is 17.4 Å². The van der Waals surface area contributed by atoms with E-state index < -0.39 is 0 Å². The maximum absolute atomic E-state index is 13.4. The molecule has 1 saturated heterocycles. The first kappa shape index (κ1) is 19.5. The quantitative estimate of drug-likeness (QED) is 0.691. The minimum Gasteiger partial charge on any atom is -0.351 e. The molecule has 2 aromatic heterocycles. The summed E-state index contributed by atoms with van der Waals surface area (Å²) in [5.74, 6) is 2.35. The maximum Gasteiger partial charge on any atom is 0.239 e. The molecule has 2 saturated carbocycles. The van der Waals surface area contributed by atoms with Gasteiger partial charge >= 0.3 is 0 Å². The molecule has 1 amide bonds. The Balaban J connectivity index is 1.16. The van der Waals surface area contributed by atoms with E-state index in [0.717, 1.165) is 61.7 Å². The van der Waals surface area contributed by atoms with Crippen molar-refractivity contribution in [1.82, 2.24) is 24.2 Å². The number of imidazole rings is 1. The third kappa shape index (κ3) is 3.33. The Labute approximate surface area is 186 Å². The lowest BCUT2D eigenvalue weighted by Crippen LogP contribution is -2.42. The van der Waals surface area contributed by atoms with E-state index in [4.69, 9.17) is 4.98 Å². The van der Waals surface area contributed by atoms with Crippen LogP contribution in [-0.4, -0.2) is 55.3 Å². The predicted molar refractivity (Wildman–Crippen MR) is 120 cm³/mol. The SMILES string of the molecule is CC1CCCC1N1C(=O)C2(CC2)c2cnc(NC3CCN(Sc4ncc[nH]4)CC3)nc21. The number of aromatic nitrogens is 4. The highest BCUT2D eigenvalue weighted by Crippen LogP contribution is 2.58. The Morgan fingerprint density at radius 2 is 2.03 bits per heavy atom. The van der Waals surface area contributed by atoms with E-state index in [1.165, 1.54) is 12.8 Å². The fraction of sp³-hybridized carbons (Fsp3) is 0.636. The van der Waals surface area contributed by atoms with E-state index in [0.29, 0.717) is 17.9 Å². The first-order valence-corrected chi connectivity index (χ1v) is 12.3. The highest BCUT2D eigenvalue weighted by molar-refractivity contribution is 7.96. The van der Waals surface area contributed by atoms with Gasteiger partial charge in [0.25, 0.3) is 0 Å². The monoisotopic (exact) mass is 439 g/mol. The van der Waals surface area contributed by atoms with Gasteiger partial charge in [0.15, 0.2) is 5.16 Å². The molecule has 2 N–H and O–H groups in total. The number of anilines is 2. The average molecular weight is 440 g/mol. The lowest BCUT2D eigenvalue weighted by Gasteiger charge is -2.31. The molecular formula is C22H29N7OS. The van der Waals surface area contributed by atoms with Crippen molar-refractivity contribution in [3.05, 3.63) is 24.2 Å². The van der Waals surface area contributed by atoms with Crippen molar-refractivity contribution in [2.45, 2.75) is 74.5 Å². The van der Waals surface area contributed by atoms with Crippen LogP contribution in [0, 0.1) is 5.92 Å². The third-order valence-corrected chi connectivity index (χ3v) is 8.53. The molecule has 6 rings (SSSR count). The van der Waals surface area contributed by atoms with Crippen LogP contribution in [0.1, 0.15) is 57.4 Å². The van der Waals surface area contributed by atoms with Crippen LogP contribution >= 0.6 is 11.9 Å². The Hall–Kier alpha value is -2.13. The van der Waals surface area contributed by atoms with Crippen molar-refractivity contribution < 1.29 is 4.79 Å². The van der Waals surface area contributed by atoms with Crippen molar-refractivity contribution >= 4 is 29.6 Å². The summed E-state index contributed by atoms with van der Waals surface area (Å²) in [5, 5.41) is 4.49. The van der Waals surface area contributed by atoms with E-state index in [1.54, 1.807) is 18.1 Å². The second kappa shape index (κ2) is 7.48.